The number of carbonyl (C=O) groups excluding carboxylic acids is 6. The number of imide groups is 1. The first-order chi connectivity index (χ1) is 28.8. The quantitative estimate of drug-likeness (QED) is 0.0897. The average molecular weight is 855 g/mol. The molecule has 2 saturated heterocycles. The molecule has 4 N–H and O–H groups in total. The van der Waals surface area contributed by atoms with Crippen LogP contribution in [-0.4, -0.2) is 108 Å². The monoisotopic (exact) mass is 854 g/mol. The molecular formula is C40H42N10O8S2. The van der Waals surface area contributed by atoms with Gasteiger partial charge in [-0.3, -0.25) is 19.8 Å². The first kappa shape index (κ1) is 41.7. The van der Waals surface area contributed by atoms with E-state index in [-0.39, 0.29) is 24.5 Å². The molecule has 4 heterocycles. The topological polar surface area (TPSA) is 219 Å². The van der Waals surface area contributed by atoms with Crippen molar-refractivity contribution in [3.05, 3.63) is 113 Å². The number of nitrogens with zero attached hydrogens (tertiary/aromatic N) is 6. The number of aryl methyl sites for hydroxylation is 1. The van der Waals surface area contributed by atoms with E-state index in [9.17, 15) is 28.8 Å². The lowest BCUT2D eigenvalue weighted by molar-refractivity contribution is -0.154. The highest BCUT2D eigenvalue weighted by molar-refractivity contribution is 8.01. The molecule has 3 atom stereocenters. The Morgan fingerprint density at radius 1 is 0.950 bits per heavy atom. The number of ether oxygens (including phenoxy) is 2. The summed E-state index contributed by atoms with van der Waals surface area (Å²) in [6, 6.07) is 20.7. The second-order valence-electron chi connectivity index (χ2n) is 14.8. The molecule has 7 amide bonds. The molecule has 20 heteroatoms. The highest BCUT2D eigenvalue weighted by atomic mass is 32.2. The fraction of sp³-hybridized carbons (Fsp3) is 0.325. The summed E-state index contributed by atoms with van der Waals surface area (Å²) in [4.78, 5) is 83.1. The van der Waals surface area contributed by atoms with E-state index in [0.29, 0.717) is 27.7 Å². The molecule has 0 saturated carbocycles. The highest BCUT2D eigenvalue weighted by Gasteiger charge is 2.55. The Labute approximate surface area is 353 Å². The van der Waals surface area contributed by atoms with E-state index in [4.69, 9.17) is 9.47 Å². The van der Waals surface area contributed by atoms with Gasteiger partial charge in [0.05, 0.1) is 0 Å². The fourth-order valence-electron chi connectivity index (χ4n) is 6.61. The molecule has 0 aliphatic carbocycles. The summed E-state index contributed by atoms with van der Waals surface area (Å²) in [6.07, 6.45) is -1.48. The molecule has 312 valence electrons. The van der Waals surface area contributed by atoms with Crippen LogP contribution in [0.25, 0.3) is 0 Å². The van der Waals surface area contributed by atoms with Crippen molar-refractivity contribution in [2.45, 2.75) is 55.1 Å². The summed E-state index contributed by atoms with van der Waals surface area (Å²) < 4.78 is 13.1. The third-order valence-corrected chi connectivity index (χ3v) is 11.9. The molecule has 7 rings (SSSR count). The van der Waals surface area contributed by atoms with Crippen LogP contribution < -0.4 is 21.3 Å². The molecule has 60 heavy (non-hydrogen) atoms. The van der Waals surface area contributed by atoms with Crippen molar-refractivity contribution in [2.24, 2.45) is 7.05 Å². The molecule has 1 aromatic heterocycles. The lowest BCUT2D eigenvalue weighted by Crippen LogP contribution is -2.71. The summed E-state index contributed by atoms with van der Waals surface area (Å²) in [5.41, 5.74) is 2.06. The number of amides is 7. The highest BCUT2D eigenvalue weighted by Crippen LogP contribution is 2.43. The number of fused-ring (bicyclic) bond motifs is 1. The van der Waals surface area contributed by atoms with Gasteiger partial charge in [0.1, 0.15) is 28.8 Å². The van der Waals surface area contributed by atoms with Crippen LogP contribution in [0.3, 0.4) is 0 Å². The van der Waals surface area contributed by atoms with Crippen molar-refractivity contribution in [2.75, 3.05) is 29.9 Å². The third kappa shape index (κ3) is 9.39. The number of carbonyl (C=O) groups is 6. The van der Waals surface area contributed by atoms with Crippen LogP contribution in [0.5, 0.6) is 0 Å². The van der Waals surface area contributed by atoms with Gasteiger partial charge >= 0.3 is 24.1 Å². The van der Waals surface area contributed by atoms with Crippen LogP contribution >= 0.6 is 23.5 Å². The van der Waals surface area contributed by atoms with Gasteiger partial charge in [0.25, 0.3) is 5.91 Å². The molecule has 0 radical (unpaired) electrons. The smallest absolute Gasteiger partial charge is 0.412 e. The van der Waals surface area contributed by atoms with Crippen LogP contribution in [-0.2, 0) is 30.9 Å². The maximum Gasteiger partial charge on any atom is 0.412 e. The summed E-state index contributed by atoms with van der Waals surface area (Å²) in [7, 11) is 1.69. The number of benzene rings is 3. The fourth-order valence-corrected chi connectivity index (χ4v) is 8.94. The number of tetrazole rings is 1. The first-order valence-electron chi connectivity index (χ1n) is 18.9. The van der Waals surface area contributed by atoms with E-state index in [1.165, 1.54) is 57.4 Å². The normalized spacial score (nSPS) is 17.9. The first-order valence-corrected chi connectivity index (χ1v) is 20.9. The van der Waals surface area contributed by atoms with Gasteiger partial charge in [0.15, 0.2) is 6.10 Å². The number of thioether (sulfide) groups is 2. The standard InChI is InChI=1S/C40H42N10O8S2/c1-40(2,3)58-39(56)42-27-17-15-23(16-18-27)28(44-37(55)49-20-19-41-36(49)54)32(51)43-29-33(52)50-30(26(21-59-34(29)50)22-60-38-45-46-47-48(38)4)35(53)57-31(24-11-7-5-8-12-24)25-13-9-6-10-14-25/h5-18,28-29,31,34H,19-22H2,1-4H3,(H,41,54)(H,42,56)(H,43,51)(H,44,55)/t28-,29-,34+/m1/s1. The van der Waals surface area contributed by atoms with Gasteiger partial charge in [-0.15, -0.1) is 16.9 Å². The summed E-state index contributed by atoms with van der Waals surface area (Å²) in [5.74, 6) is -1.46. The Morgan fingerprint density at radius 2 is 1.62 bits per heavy atom. The Bertz CT molecular complexity index is 2260. The summed E-state index contributed by atoms with van der Waals surface area (Å²) in [6.45, 7) is 5.52. The van der Waals surface area contributed by atoms with Gasteiger partial charge in [-0.25, -0.2) is 28.8 Å². The van der Waals surface area contributed by atoms with Crippen molar-refractivity contribution in [1.82, 2.24) is 46.0 Å². The largest absolute Gasteiger partial charge is 0.448 e. The van der Waals surface area contributed by atoms with Crippen LogP contribution in [0.4, 0.5) is 20.1 Å². The van der Waals surface area contributed by atoms with Crippen molar-refractivity contribution >= 4 is 65.2 Å². The molecule has 0 bridgehead atoms. The van der Waals surface area contributed by atoms with Crippen molar-refractivity contribution < 1.29 is 38.2 Å². The third-order valence-electron chi connectivity index (χ3n) is 9.45. The number of esters is 1. The van der Waals surface area contributed by atoms with E-state index in [2.05, 4.69) is 36.8 Å². The molecular weight excluding hydrogens is 813 g/mol. The minimum absolute atomic E-state index is 0.0618. The maximum absolute atomic E-state index is 14.4. The maximum atomic E-state index is 14.4. The van der Waals surface area contributed by atoms with Crippen molar-refractivity contribution in [3.63, 3.8) is 0 Å². The van der Waals surface area contributed by atoms with Crippen LogP contribution in [0.1, 0.15) is 49.6 Å². The molecule has 0 unspecified atom stereocenters. The molecule has 18 nitrogen and oxygen atoms in total. The minimum Gasteiger partial charge on any atom is -0.448 e. The lowest BCUT2D eigenvalue weighted by atomic mass is 10.00. The number of β-lactam (4-membered cyclic amide) rings is 1. The van der Waals surface area contributed by atoms with Crippen molar-refractivity contribution in [3.8, 4) is 0 Å². The average Bonchev–Trinajstić information content (AvgIpc) is 3.86. The summed E-state index contributed by atoms with van der Waals surface area (Å²) in [5, 5.41) is 22.0. The van der Waals surface area contributed by atoms with E-state index < -0.39 is 65.1 Å². The van der Waals surface area contributed by atoms with Crippen LogP contribution in [0, 0.1) is 0 Å². The molecule has 3 aliphatic heterocycles. The van der Waals surface area contributed by atoms with E-state index in [0.717, 1.165) is 16.0 Å². The Hall–Kier alpha value is -6.41. The van der Waals surface area contributed by atoms with Gasteiger partial charge in [-0.1, -0.05) is 84.6 Å². The molecule has 4 aromatic rings. The minimum atomic E-state index is -1.37. The Kier molecular flexibility index (Phi) is 12.4. The van der Waals surface area contributed by atoms with Gasteiger partial charge in [-0.2, -0.15) is 0 Å². The number of urea groups is 2. The Morgan fingerprint density at radius 3 is 2.20 bits per heavy atom. The number of aromatic nitrogens is 4. The SMILES string of the molecule is Cn1nnnc1SCC1=C(C(=O)OC(c2ccccc2)c2ccccc2)N2C(=O)[C@@H](NC(=O)[C@H](NC(=O)N3CCNC3=O)c3ccc(NC(=O)OC(C)(C)C)cc3)[C@@H]2SC1. The van der Waals surface area contributed by atoms with Crippen LogP contribution in [0.2, 0.25) is 0 Å². The zero-order chi connectivity index (χ0) is 42.6. The van der Waals surface area contributed by atoms with E-state index in [1.54, 1.807) is 27.8 Å². The lowest BCUT2D eigenvalue weighted by Gasteiger charge is -2.50. The molecule has 3 aliphatic rings. The summed E-state index contributed by atoms with van der Waals surface area (Å²) >= 11 is 2.65. The number of hydrogen-bond acceptors (Lipinski definition) is 13. The Balaban J connectivity index is 1.14. The number of hydrogen-bond donors (Lipinski definition) is 4. The second-order valence-corrected chi connectivity index (χ2v) is 16.9. The van der Waals surface area contributed by atoms with Gasteiger partial charge in [0, 0.05) is 37.3 Å². The van der Waals surface area contributed by atoms with Gasteiger partial charge in [0.2, 0.25) is 11.1 Å². The predicted octanol–water partition coefficient (Wildman–Crippen LogP) is 4.11. The second kappa shape index (κ2) is 17.8. The molecule has 2 fully saturated rings. The zero-order valence-electron chi connectivity index (χ0n) is 33.0. The molecule has 0 spiro atoms. The van der Waals surface area contributed by atoms with Crippen molar-refractivity contribution in [1.29, 1.82) is 0 Å². The van der Waals surface area contributed by atoms with E-state index in [1.807, 2.05) is 60.7 Å². The number of nitrogens with one attached hydrogen (secondary N) is 4. The molecule has 3 aromatic carbocycles. The zero-order valence-corrected chi connectivity index (χ0v) is 34.6. The van der Waals surface area contributed by atoms with Crippen LogP contribution in [0.15, 0.2) is 101 Å². The van der Waals surface area contributed by atoms with E-state index >= 15 is 0 Å². The predicted molar refractivity (Wildman–Crippen MR) is 220 cm³/mol. The van der Waals surface area contributed by atoms with Gasteiger partial charge < -0.3 is 25.4 Å². The number of rotatable bonds is 12. The number of anilines is 1. The van der Waals surface area contributed by atoms with Gasteiger partial charge in [-0.05, 0) is 65.6 Å².